The average Bonchev–Trinajstić information content (AvgIpc) is 3.48. The molecular weight excluding hydrogens is 484 g/mol. The Kier molecular flexibility index (Phi) is 6.91. The number of hydrogen-bond acceptors (Lipinski definition) is 8. The van der Waals surface area contributed by atoms with Crippen LogP contribution in [0.1, 0.15) is 41.8 Å². The van der Waals surface area contributed by atoms with Crippen molar-refractivity contribution >= 4 is 27.0 Å². The Labute approximate surface area is 209 Å². The maximum absolute atomic E-state index is 13.6. The topological polar surface area (TPSA) is 114 Å². The van der Waals surface area contributed by atoms with Gasteiger partial charge in [-0.05, 0) is 92.4 Å². The monoisotopic (exact) mass is 512 g/mol. The number of aryl methyl sites for hydroxylation is 4. The molecule has 0 aliphatic rings. The molecule has 35 heavy (non-hydrogen) atoms. The Morgan fingerprint density at radius 2 is 1.80 bits per heavy atom. The van der Waals surface area contributed by atoms with Gasteiger partial charge in [0.05, 0.1) is 5.69 Å². The summed E-state index contributed by atoms with van der Waals surface area (Å²) >= 11 is 1.12. The number of tetrazole rings is 1. The zero-order valence-corrected chi connectivity index (χ0v) is 22.2. The highest BCUT2D eigenvalue weighted by Gasteiger charge is 2.32. The van der Waals surface area contributed by atoms with E-state index in [4.69, 9.17) is 4.74 Å². The standard InChI is InChI=1S/C24H28N6O3S2/c1-14(2)30(35(31,32)24-25-18(6)13-34-24)21-10-15(3)16(4)11-22(21)33-12-20-8-7-19(9-17(20)5)23-26-28-29-27-23/h7-11,13-14H,12H2,1-6H3,(H,26,27,28,29). The summed E-state index contributed by atoms with van der Waals surface area (Å²) in [6.07, 6.45) is 0. The van der Waals surface area contributed by atoms with Crippen LogP contribution in [0.25, 0.3) is 11.4 Å². The molecule has 0 bridgehead atoms. The Morgan fingerprint density at radius 1 is 1.06 bits per heavy atom. The normalized spacial score (nSPS) is 11.7. The van der Waals surface area contributed by atoms with Crippen molar-refractivity contribution in [3.8, 4) is 17.1 Å². The fourth-order valence-electron chi connectivity index (χ4n) is 3.72. The lowest BCUT2D eigenvalue weighted by Crippen LogP contribution is -2.37. The molecule has 0 spiro atoms. The van der Waals surface area contributed by atoms with Crippen LogP contribution in [0.3, 0.4) is 0 Å². The van der Waals surface area contributed by atoms with Crippen LogP contribution in [-0.2, 0) is 16.6 Å². The highest BCUT2D eigenvalue weighted by atomic mass is 32.2. The molecule has 0 amide bonds. The van der Waals surface area contributed by atoms with Crippen LogP contribution in [0.15, 0.2) is 40.1 Å². The van der Waals surface area contributed by atoms with Crippen LogP contribution in [0.5, 0.6) is 5.75 Å². The molecule has 0 saturated heterocycles. The quantitative estimate of drug-likeness (QED) is 0.363. The molecule has 2 aromatic carbocycles. The zero-order chi connectivity index (χ0) is 25.3. The van der Waals surface area contributed by atoms with E-state index in [0.717, 1.165) is 39.2 Å². The molecule has 9 nitrogen and oxygen atoms in total. The van der Waals surface area contributed by atoms with Crippen LogP contribution in [0, 0.1) is 27.7 Å². The number of nitrogens with one attached hydrogen (secondary N) is 1. The summed E-state index contributed by atoms with van der Waals surface area (Å²) in [5.41, 5.74) is 6.02. The minimum absolute atomic E-state index is 0.0706. The molecule has 0 unspecified atom stereocenters. The molecule has 2 aromatic heterocycles. The number of rotatable bonds is 8. The predicted molar refractivity (Wildman–Crippen MR) is 136 cm³/mol. The van der Waals surface area contributed by atoms with Crippen molar-refractivity contribution in [2.45, 2.75) is 58.5 Å². The smallest absolute Gasteiger partial charge is 0.292 e. The average molecular weight is 513 g/mol. The first kappa shape index (κ1) is 24.8. The summed E-state index contributed by atoms with van der Waals surface area (Å²) in [5, 5.41) is 15.7. The van der Waals surface area contributed by atoms with Crippen molar-refractivity contribution in [2.75, 3.05) is 4.31 Å². The van der Waals surface area contributed by atoms with E-state index in [0.29, 0.717) is 23.0 Å². The SMILES string of the molecule is Cc1csc(S(=O)(=O)N(c2cc(C)c(C)cc2OCc2ccc(-c3nnn[nH]3)cc2C)C(C)C)n1. The van der Waals surface area contributed by atoms with E-state index in [-0.39, 0.29) is 17.0 Å². The van der Waals surface area contributed by atoms with Gasteiger partial charge in [-0.2, -0.15) is 8.42 Å². The predicted octanol–water partition coefficient (Wildman–Crippen LogP) is 4.74. The first-order chi connectivity index (χ1) is 16.6. The summed E-state index contributed by atoms with van der Waals surface area (Å²) in [7, 11) is -3.87. The molecule has 4 rings (SSSR count). The number of benzene rings is 2. The van der Waals surface area contributed by atoms with Crippen molar-refractivity contribution < 1.29 is 13.2 Å². The van der Waals surface area contributed by atoms with Crippen molar-refractivity contribution in [1.29, 1.82) is 0 Å². The highest BCUT2D eigenvalue weighted by Crippen LogP contribution is 2.37. The Bertz CT molecular complexity index is 1450. The van der Waals surface area contributed by atoms with E-state index in [1.165, 1.54) is 4.31 Å². The summed E-state index contributed by atoms with van der Waals surface area (Å²) in [4.78, 5) is 4.25. The van der Waals surface area contributed by atoms with Gasteiger partial charge in [0.15, 0.2) is 5.82 Å². The molecule has 0 fully saturated rings. The van der Waals surface area contributed by atoms with Crippen molar-refractivity contribution in [1.82, 2.24) is 25.6 Å². The molecule has 0 aliphatic carbocycles. The minimum Gasteiger partial charge on any atom is -0.487 e. The first-order valence-corrected chi connectivity index (χ1v) is 13.4. The van der Waals surface area contributed by atoms with E-state index in [1.54, 1.807) is 12.3 Å². The number of hydrogen-bond donors (Lipinski definition) is 1. The van der Waals surface area contributed by atoms with Gasteiger partial charge in [0.1, 0.15) is 12.4 Å². The Hall–Kier alpha value is -3.31. The van der Waals surface area contributed by atoms with Crippen LogP contribution in [0.2, 0.25) is 0 Å². The fraction of sp³-hybridized carbons (Fsp3) is 0.333. The lowest BCUT2D eigenvalue weighted by molar-refractivity contribution is 0.306. The van der Waals surface area contributed by atoms with Crippen LogP contribution in [0.4, 0.5) is 5.69 Å². The van der Waals surface area contributed by atoms with E-state index < -0.39 is 10.0 Å². The Morgan fingerprint density at radius 3 is 2.40 bits per heavy atom. The fourth-order valence-corrected chi connectivity index (χ4v) is 6.50. The zero-order valence-electron chi connectivity index (χ0n) is 20.5. The number of sulfonamides is 1. The maximum atomic E-state index is 13.6. The lowest BCUT2D eigenvalue weighted by atomic mass is 10.1. The largest absolute Gasteiger partial charge is 0.487 e. The second kappa shape index (κ2) is 9.74. The molecule has 4 aromatic rings. The molecule has 0 radical (unpaired) electrons. The van der Waals surface area contributed by atoms with Gasteiger partial charge >= 0.3 is 0 Å². The van der Waals surface area contributed by atoms with Crippen molar-refractivity contribution in [3.63, 3.8) is 0 Å². The van der Waals surface area contributed by atoms with E-state index in [1.807, 2.05) is 65.0 Å². The summed E-state index contributed by atoms with van der Waals surface area (Å²) < 4.78 is 35.0. The second-order valence-electron chi connectivity index (χ2n) is 8.73. The van der Waals surface area contributed by atoms with Gasteiger partial charge in [-0.3, -0.25) is 4.31 Å². The molecule has 2 heterocycles. The summed E-state index contributed by atoms with van der Waals surface area (Å²) in [5.74, 6) is 1.09. The third kappa shape index (κ3) is 5.06. The number of anilines is 1. The maximum Gasteiger partial charge on any atom is 0.292 e. The van der Waals surface area contributed by atoms with E-state index >= 15 is 0 Å². The number of nitrogens with zero attached hydrogens (tertiary/aromatic N) is 5. The third-order valence-corrected chi connectivity index (χ3v) is 9.05. The summed E-state index contributed by atoms with van der Waals surface area (Å²) in [6.45, 7) is 11.7. The number of H-pyrrole nitrogens is 1. The molecule has 1 N–H and O–H groups in total. The van der Waals surface area contributed by atoms with E-state index in [2.05, 4.69) is 25.6 Å². The lowest BCUT2D eigenvalue weighted by Gasteiger charge is -2.29. The van der Waals surface area contributed by atoms with Gasteiger partial charge < -0.3 is 4.74 Å². The van der Waals surface area contributed by atoms with Gasteiger partial charge in [0.25, 0.3) is 10.0 Å². The van der Waals surface area contributed by atoms with Gasteiger partial charge in [0, 0.05) is 22.7 Å². The van der Waals surface area contributed by atoms with Gasteiger partial charge in [-0.1, -0.05) is 12.1 Å². The molecular formula is C24H28N6O3S2. The number of thiazole rings is 1. The number of aromatic amines is 1. The second-order valence-corrected chi connectivity index (χ2v) is 11.6. The number of ether oxygens (including phenoxy) is 1. The molecule has 0 atom stereocenters. The molecule has 0 saturated carbocycles. The van der Waals surface area contributed by atoms with Crippen molar-refractivity contribution in [3.05, 3.63) is 63.7 Å². The van der Waals surface area contributed by atoms with E-state index in [9.17, 15) is 8.42 Å². The van der Waals surface area contributed by atoms with Gasteiger partial charge in [-0.15, -0.1) is 16.4 Å². The van der Waals surface area contributed by atoms with Crippen LogP contribution in [-0.4, -0.2) is 40.1 Å². The van der Waals surface area contributed by atoms with Crippen molar-refractivity contribution in [2.24, 2.45) is 0 Å². The Balaban J connectivity index is 1.69. The molecule has 0 aliphatic heterocycles. The number of aromatic nitrogens is 5. The van der Waals surface area contributed by atoms with Crippen LogP contribution < -0.4 is 9.04 Å². The molecule has 11 heteroatoms. The molecule has 184 valence electrons. The van der Waals surface area contributed by atoms with Gasteiger partial charge in [0.2, 0.25) is 4.34 Å². The first-order valence-electron chi connectivity index (χ1n) is 11.1. The minimum atomic E-state index is -3.87. The third-order valence-electron chi connectivity index (χ3n) is 5.70. The summed E-state index contributed by atoms with van der Waals surface area (Å²) in [6, 6.07) is 9.29. The highest BCUT2D eigenvalue weighted by molar-refractivity contribution is 7.94. The van der Waals surface area contributed by atoms with Gasteiger partial charge in [-0.25, -0.2) is 10.1 Å². The van der Waals surface area contributed by atoms with Crippen LogP contribution >= 0.6 is 11.3 Å².